The van der Waals surface area contributed by atoms with E-state index in [1.165, 1.54) is 12.1 Å². The summed E-state index contributed by atoms with van der Waals surface area (Å²) in [4.78, 5) is 24.5. The number of benzene rings is 4. The first-order chi connectivity index (χ1) is 24.6. The molecule has 0 aliphatic carbocycles. The highest BCUT2D eigenvalue weighted by atomic mass is 35.5. The van der Waals surface area contributed by atoms with Crippen LogP contribution in [0.5, 0.6) is 0 Å². The fourth-order valence-corrected chi connectivity index (χ4v) is 7.72. The summed E-state index contributed by atoms with van der Waals surface area (Å²) >= 11 is 18.2. The van der Waals surface area contributed by atoms with Gasteiger partial charge in [-0.2, -0.15) is 13.2 Å². The Hall–Kier alpha value is -4.65. The molecule has 268 valence electrons. The van der Waals surface area contributed by atoms with Gasteiger partial charge in [0.2, 0.25) is 0 Å². The zero-order valence-corrected chi connectivity index (χ0v) is 29.4. The number of alkyl halides is 3. The second kappa shape index (κ2) is 13.1. The Kier molecular flexibility index (Phi) is 8.99. The molecule has 52 heavy (non-hydrogen) atoms. The third kappa shape index (κ3) is 5.96. The molecule has 6 nitrogen and oxygen atoms in total. The average molecular weight is 778 g/mol. The van der Waals surface area contributed by atoms with Gasteiger partial charge in [0.25, 0.3) is 11.8 Å². The standard InChI is InChI=1S/C19H13Cl2F3N2O.C18H12ClF3N2O/c1-9-12-7-11(20)8-13(17(12)26-5-4-25-18(27)16(9)26)10-2-3-15(21)14(6-10)19(22,23)24;1-8-11-6-10(19)7-12(9-4-13(20)15(22)14(21)5-9)17(11)24-3-2-23-18(25)16(8)24/h2-3,6-8H,4-5H2,1H3,(H,25,27);4-7H,2-3H2,1H3,(H,23,25). The maximum absolute atomic E-state index is 13.7. The molecule has 2 amide bonds. The fraction of sp³-hybridized carbons (Fsp3) is 0.189. The van der Waals surface area contributed by atoms with E-state index in [0.717, 1.165) is 40.1 Å². The number of hydrogen-bond donors (Lipinski definition) is 2. The van der Waals surface area contributed by atoms with Gasteiger partial charge in [-0.15, -0.1) is 0 Å². The molecule has 15 heteroatoms. The van der Waals surface area contributed by atoms with E-state index in [1.54, 1.807) is 31.2 Å². The summed E-state index contributed by atoms with van der Waals surface area (Å²) in [5, 5.41) is 7.41. The summed E-state index contributed by atoms with van der Waals surface area (Å²) < 4.78 is 84.3. The van der Waals surface area contributed by atoms with Gasteiger partial charge < -0.3 is 19.8 Å². The molecule has 2 aliphatic heterocycles. The molecule has 0 saturated carbocycles. The van der Waals surface area contributed by atoms with Crippen LogP contribution < -0.4 is 10.6 Å². The predicted octanol–water partition coefficient (Wildman–Crippen LogP) is 10.1. The monoisotopic (exact) mass is 776 g/mol. The smallest absolute Gasteiger partial charge is 0.349 e. The van der Waals surface area contributed by atoms with Crippen LogP contribution in [0.3, 0.4) is 0 Å². The molecule has 6 aromatic rings. The number of nitrogens with zero attached hydrogens (tertiary/aromatic N) is 2. The Morgan fingerprint density at radius 1 is 0.654 bits per heavy atom. The summed E-state index contributed by atoms with van der Waals surface area (Å²) in [5.74, 6) is -4.48. The third-order valence-electron chi connectivity index (χ3n) is 9.30. The van der Waals surface area contributed by atoms with Gasteiger partial charge in [0, 0.05) is 58.1 Å². The Morgan fingerprint density at radius 3 is 1.58 bits per heavy atom. The summed E-state index contributed by atoms with van der Waals surface area (Å²) in [7, 11) is 0. The fourth-order valence-electron chi connectivity index (χ4n) is 7.06. The lowest BCUT2D eigenvalue weighted by atomic mass is 9.99. The molecule has 2 aromatic heterocycles. The second-order valence-electron chi connectivity index (χ2n) is 12.4. The molecule has 0 spiro atoms. The molecule has 2 aliphatic rings. The lowest BCUT2D eigenvalue weighted by Crippen LogP contribution is -2.35. The SMILES string of the molecule is Cc1c2n(c3c(-c4cc(F)c(F)c(F)c4)cc(Cl)cc13)CCNC2=O.Cc1c2n(c3c(-c4ccc(Cl)c(C(F)(F)F)c4)cc(Cl)cc13)CCNC2=O. The zero-order valence-electron chi connectivity index (χ0n) is 27.1. The van der Waals surface area contributed by atoms with E-state index < -0.39 is 29.2 Å². The molecule has 0 saturated heterocycles. The number of carbonyl (C=O) groups is 2. The minimum absolute atomic E-state index is 0.162. The van der Waals surface area contributed by atoms with Crippen molar-refractivity contribution in [2.24, 2.45) is 0 Å². The maximum Gasteiger partial charge on any atom is 0.417 e. The largest absolute Gasteiger partial charge is 0.417 e. The average Bonchev–Trinajstić information content (AvgIpc) is 3.54. The van der Waals surface area contributed by atoms with E-state index in [9.17, 15) is 35.9 Å². The van der Waals surface area contributed by atoms with Crippen LogP contribution in [-0.4, -0.2) is 34.0 Å². The van der Waals surface area contributed by atoms with Gasteiger partial charge in [0.1, 0.15) is 11.4 Å². The van der Waals surface area contributed by atoms with Crippen LogP contribution in [-0.2, 0) is 19.3 Å². The zero-order chi connectivity index (χ0) is 37.4. The first kappa shape index (κ1) is 35.7. The van der Waals surface area contributed by atoms with Gasteiger partial charge in [-0.05, 0) is 84.6 Å². The predicted molar refractivity (Wildman–Crippen MR) is 189 cm³/mol. The van der Waals surface area contributed by atoms with Crippen molar-refractivity contribution < 1.29 is 35.9 Å². The van der Waals surface area contributed by atoms with Crippen molar-refractivity contribution in [2.45, 2.75) is 33.1 Å². The highest BCUT2D eigenvalue weighted by Gasteiger charge is 2.34. The van der Waals surface area contributed by atoms with E-state index in [-0.39, 0.29) is 22.4 Å². The third-order valence-corrected chi connectivity index (χ3v) is 10.1. The van der Waals surface area contributed by atoms with Crippen LogP contribution in [0.1, 0.15) is 37.7 Å². The van der Waals surface area contributed by atoms with Gasteiger partial charge >= 0.3 is 6.18 Å². The second-order valence-corrected chi connectivity index (χ2v) is 13.7. The number of amides is 2. The number of carbonyl (C=O) groups excluding carboxylic acids is 2. The molecule has 4 heterocycles. The summed E-state index contributed by atoms with van der Waals surface area (Å²) in [5.41, 5.74) is 4.39. The number of aryl methyl sites for hydroxylation is 2. The van der Waals surface area contributed by atoms with Gasteiger partial charge in [-0.3, -0.25) is 9.59 Å². The summed E-state index contributed by atoms with van der Waals surface area (Å²) in [6.07, 6.45) is -4.57. The minimum Gasteiger partial charge on any atom is -0.349 e. The molecular formula is C37H25Cl3F6N4O2. The van der Waals surface area contributed by atoms with Crippen molar-refractivity contribution in [3.05, 3.63) is 115 Å². The number of nitrogens with one attached hydrogen (secondary N) is 2. The lowest BCUT2D eigenvalue weighted by Gasteiger charge is -2.19. The van der Waals surface area contributed by atoms with Crippen molar-refractivity contribution in [2.75, 3.05) is 13.1 Å². The molecule has 0 fully saturated rings. The molecule has 0 radical (unpaired) electrons. The van der Waals surface area contributed by atoms with Gasteiger partial charge in [0.15, 0.2) is 17.5 Å². The van der Waals surface area contributed by atoms with E-state index in [2.05, 4.69) is 10.6 Å². The maximum atomic E-state index is 13.7. The molecular weight excluding hydrogens is 753 g/mol. The topological polar surface area (TPSA) is 68.1 Å². The number of halogens is 9. The molecule has 0 atom stereocenters. The van der Waals surface area contributed by atoms with E-state index in [4.69, 9.17) is 34.8 Å². The van der Waals surface area contributed by atoms with Gasteiger partial charge in [-0.25, -0.2) is 13.2 Å². The number of fused-ring (bicyclic) bond motifs is 6. The van der Waals surface area contributed by atoms with E-state index in [0.29, 0.717) is 75.3 Å². The van der Waals surface area contributed by atoms with Gasteiger partial charge in [-0.1, -0.05) is 40.9 Å². The Balaban J connectivity index is 0.000000162. The van der Waals surface area contributed by atoms with Gasteiger partial charge in [0.05, 0.1) is 21.6 Å². The molecule has 8 rings (SSSR count). The lowest BCUT2D eigenvalue weighted by molar-refractivity contribution is -0.137. The van der Waals surface area contributed by atoms with Crippen LogP contribution >= 0.6 is 34.8 Å². The Bertz CT molecular complexity index is 2480. The quantitative estimate of drug-likeness (QED) is 0.136. The molecule has 0 unspecified atom stereocenters. The number of rotatable bonds is 2. The first-order valence-corrected chi connectivity index (χ1v) is 16.9. The highest BCUT2D eigenvalue weighted by molar-refractivity contribution is 6.33. The van der Waals surface area contributed by atoms with E-state index >= 15 is 0 Å². The normalized spacial score (nSPS) is 14.1. The molecule has 2 N–H and O–H groups in total. The first-order valence-electron chi connectivity index (χ1n) is 15.8. The van der Waals surface area contributed by atoms with Crippen LogP contribution in [0.2, 0.25) is 15.1 Å². The van der Waals surface area contributed by atoms with Crippen LogP contribution in [0.15, 0.2) is 54.6 Å². The summed E-state index contributed by atoms with van der Waals surface area (Å²) in [6.45, 7) is 5.55. The highest BCUT2D eigenvalue weighted by Crippen LogP contribution is 2.42. The van der Waals surface area contributed by atoms with Crippen LogP contribution in [0.25, 0.3) is 44.1 Å². The van der Waals surface area contributed by atoms with Crippen molar-refractivity contribution in [1.29, 1.82) is 0 Å². The number of hydrogen-bond acceptors (Lipinski definition) is 2. The van der Waals surface area contributed by atoms with Crippen molar-refractivity contribution >= 4 is 68.4 Å². The summed E-state index contributed by atoms with van der Waals surface area (Å²) in [6, 6.07) is 12.3. The van der Waals surface area contributed by atoms with Crippen molar-refractivity contribution in [1.82, 2.24) is 19.8 Å². The molecule has 0 bridgehead atoms. The number of aromatic nitrogens is 2. The Labute approximate surface area is 306 Å². The van der Waals surface area contributed by atoms with Crippen molar-refractivity contribution in [3.8, 4) is 22.3 Å². The van der Waals surface area contributed by atoms with E-state index in [1.807, 2.05) is 16.1 Å². The molecule has 4 aromatic carbocycles. The van der Waals surface area contributed by atoms with Crippen molar-refractivity contribution in [3.63, 3.8) is 0 Å². The van der Waals surface area contributed by atoms with Crippen LogP contribution in [0, 0.1) is 31.3 Å². The van der Waals surface area contributed by atoms with Crippen LogP contribution in [0.4, 0.5) is 26.3 Å². The minimum atomic E-state index is -4.57. The Morgan fingerprint density at radius 2 is 1.12 bits per heavy atom.